The van der Waals surface area contributed by atoms with E-state index in [1.807, 2.05) is 13.0 Å². The molecule has 2 atom stereocenters. The second-order valence-electron chi connectivity index (χ2n) is 5.96. The van der Waals surface area contributed by atoms with Crippen molar-refractivity contribution in [2.75, 3.05) is 7.11 Å². The summed E-state index contributed by atoms with van der Waals surface area (Å²) in [5, 5.41) is 13.7. The Kier molecular flexibility index (Phi) is 8.70. The van der Waals surface area contributed by atoms with Crippen LogP contribution in [-0.2, 0) is 19.1 Å². The number of hydrogen-bond donors (Lipinski definition) is 2. The van der Waals surface area contributed by atoms with Gasteiger partial charge in [0.2, 0.25) is 5.91 Å². The predicted molar refractivity (Wildman–Crippen MR) is 82.2 cm³/mol. The molecule has 0 aromatic heterocycles. The van der Waals surface area contributed by atoms with Crippen LogP contribution in [0, 0.1) is 11.3 Å². The molecular weight excluding hydrogens is 302 g/mol. The molecule has 0 bridgehead atoms. The molecule has 0 saturated heterocycles. The van der Waals surface area contributed by atoms with Crippen LogP contribution < -0.4 is 10.6 Å². The lowest BCUT2D eigenvalue weighted by Gasteiger charge is -2.24. The quantitative estimate of drug-likeness (QED) is 0.680. The Morgan fingerprint density at radius 3 is 2.26 bits per heavy atom. The van der Waals surface area contributed by atoms with E-state index < -0.39 is 29.6 Å². The van der Waals surface area contributed by atoms with Gasteiger partial charge < -0.3 is 20.1 Å². The zero-order chi connectivity index (χ0) is 18.0. The summed E-state index contributed by atoms with van der Waals surface area (Å²) >= 11 is 0. The second kappa shape index (κ2) is 9.66. The van der Waals surface area contributed by atoms with Crippen LogP contribution in [0.25, 0.3) is 0 Å². The van der Waals surface area contributed by atoms with Crippen molar-refractivity contribution in [1.82, 2.24) is 10.6 Å². The minimum absolute atomic E-state index is 0.139. The molecule has 0 aliphatic rings. The highest BCUT2D eigenvalue weighted by Crippen LogP contribution is 2.08. The third-order valence-electron chi connectivity index (χ3n) is 2.78. The van der Waals surface area contributed by atoms with Gasteiger partial charge >= 0.3 is 12.1 Å². The zero-order valence-electron chi connectivity index (χ0n) is 14.3. The lowest BCUT2D eigenvalue weighted by Crippen LogP contribution is -2.51. The highest BCUT2D eigenvalue weighted by atomic mass is 16.6. The number of nitrogens with one attached hydrogen (secondary N) is 2. The molecule has 23 heavy (non-hydrogen) atoms. The maximum Gasteiger partial charge on any atom is 0.408 e. The molecule has 2 amide bonds. The second-order valence-corrected chi connectivity index (χ2v) is 5.96. The predicted octanol–water partition coefficient (Wildman–Crippen LogP) is 1.25. The van der Waals surface area contributed by atoms with Crippen LogP contribution in [0.3, 0.4) is 0 Å². The van der Waals surface area contributed by atoms with E-state index in [-0.39, 0.29) is 18.9 Å². The molecule has 8 heteroatoms. The van der Waals surface area contributed by atoms with E-state index in [4.69, 9.17) is 10.00 Å². The van der Waals surface area contributed by atoms with Crippen LogP contribution in [0.1, 0.15) is 47.0 Å². The van der Waals surface area contributed by atoms with E-state index in [1.54, 1.807) is 20.8 Å². The summed E-state index contributed by atoms with van der Waals surface area (Å²) in [6.07, 6.45) is -0.448. The number of esters is 1. The zero-order valence-corrected chi connectivity index (χ0v) is 14.3. The number of nitriles is 1. The molecule has 130 valence electrons. The van der Waals surface area contributed by atoms with E-state index in [1.165, 1.54) is 7.11 Å². The minimum atomic E-state index is -1.13. The maximum absolute atomic E-state index is 12.2. The van der Waals surface area contributed by atoms with Crippen molar-refractivity contribution in [3.8, 4) is 6.07 Å². The average Bonchev–Trinajstić information content (AvgIpc) is 2.43. The first-order valence-corrected chi connectivity index (χ1v) is 7.36. The van der Waals surface area contributed by atoms with Gasteiger partial charge in [0, 0.05) is 6.04 Å². The molecule has 0 unspecified atom stereocenters. The smallest absolute Gasteiger partial charge is 0.408 e. The molecule has 0 spiro atoms. The summed E-state index contributed by atoms with van der Waals surface area (Å²) in [5.41, 5.74) is -0.733. The molecule has 0 aromatic carbocycles. The number of alkyl carbamates (subject to hydrolysis) is 1. The fraction of sp³-hybridized carbons (Fsp3) is 0.733. The summed E-state index contributed by atoms with van der Waals surface area (Å²) in [5.74, 6) is -1.21. The van der Waals surface area contributed by atoms with Crippen LogP contribution in [-0.4, -0.2) is 42.8 Å². The molecule has 0 aliphatic carbocycles. The van der Waals surface area contributed by atoms with E-state index >= 15 is 0 Å². The summed E-state index contributed by atoms with van der Waals surface area (Å²) in [6.45, 7) is 6.87. The Morgan fingerprint density at radius 2 is 1.83 bits per heavy atom. The molecule has 0 fully saturated rings. The Bertz CT molecular complexity index is 465. The van der Waals surface area contributed by atoms with Crippen molar-refractivity contribution >= 4 is 18.0 Å². The highest BCUT2D eigenvalue weighted by molar-refractivity contribution is 5.89. The number of methoxy groups -OCH3 is 1. The van der Waals surface area contributed by atoms with Crippen molar-refractivity contribution < 1.29 is 23.9 Å². The lowest BCUT2D eigenvalue weighted by molar-refractivity contribution is -0.143. The van der Waals surface area contributed by atoms with Gasteiger partial charge in [-0.2, -0.15) is 5.26 Å². The van der Waals surface area contributed by atoms with Gasteiger partial charge in [-0.15, -0.1) is 0 Å². The van der Waals surface area contributed by atoms with Crippen LogP contribution >= 0.6 is 0 Å². The summed E-state index contributed by atoms with van der Waals surface area (Å²) in [7, 11) is 1.19. The fourth-order valence-corrected chi connectivity index (χ4v) is 1.62. The number of hydrogen-bond acceptors (Lipinski definition) is 6. The molecule has 0 saturated carbocycles. The van der Waals surface area contributed by atoms with Crippen molar-refractivity contribution in [3.63, 3.8) is 0 Å². The maximum atomic E-state index is 12.2. The third-order valence-corrected chi connectivity index (χ3v) is 2.78. The Balaban J connectivity index is 4.92. The van der Waals surface area contributed by atoms with Gasteiger partial charge in [-0.25, -0.2) is 4.79 Å². The first kappa shape index (κ1) is 20.7. The first-order chi connectivity index (χ1) is 10.6. The average molecular weight is 327 g/mol. The first-order valence-electron chi connectivity index (χ1n) is 7.36. The van der Waals surface area contributed by atoms with E-state index in [9.17, 15) is 14.4 Å². The summed E-state index contributed by atoms with van der Waals surface area (Å²) in [6, 6.07) is 0.481. The molecule has 2 N–H and O–H groups in total. The molecule has 0 radical (unpaired) electrons. The molecular formula is C15H25N3O5. The third kappa shape index (κ3) is 9.34. The minimum Gasteiger partial charge on any atom is -0.469 e. The number of amides is 2. The van der Waals surface area contributed by atoms with Crippen molar-refractivity contribution in [1.29, 1.82) is 5.26 Å². The number of rotatable bonds is 7. The highest BCUT2D eigenvalue weighted by Gasteiger charge is 2.28. The normalized spacial score (nSPS) is 13.2. The van der Waals surface area contributed by atoms with Gasteiger partial charge in [-0.1, -0.05) is 6.92 Å². The van der Waals surface area contributed by atoms with E-state index in [0.29, 0.717) is 6.42 Å². The number of nitrogens with zero attached hydrogens (tertiary/aromatic N) is 1. The number of ether oxygens (including phenoxy) is 2. The fourth-order valence-electron chi connectivity index (χ4n) is 1.62. The Labute approximate surface area is 136 Å². The number of carbonyl (C=O) groups excluding carboxylic acids is 3. The van der Waals surface area contributed by atoms with Gasteiger partial charge in [0.05, 0.1) is 26.0 Å². The van der Waals surface area contributed by atoms with E-state index in [2.05, 4.69) is 15.4 Å². The summed E-state index contributed by atoms with van der Waals surface area (Å²) < 4.78 is 9.61. The van der Waals surface area contributed by atoms with Crippen molar-refractivity contribution in [2.45, 2.75) is 64.6 Å². The lowest BCUT2D eigenvalue weighted by atomic mass is 10.1. The largest absolute Gasteiger partial charge is 0.469 e. The van der Waals surface area contributed by atoms with Gasteiger partial charge in [0.15, 0.2) is 0 Å². The summed E-state index contributed by atoms with van der Waals surface area (Å²) in [4.78, 5) is 35.5. The molecule has 0 rings (SSSR count). The van der Waals surface area contributed by atoms with Crippen molar-refractivity contribution in [2.24, 2.45) is 0 Å². The van der Waals surface area contributed by atoms with Crippen LogP contribution in [0.4, 0.5) is 4.79 Å². The van der Waals surface area contributed by atoms with Crippen LogP contribution in [0.5, 0.6) is 0 Å². The SMILES string of the molecule is CC[C@H](CC#N)NC(=O)[C@H](CC(=O)OC)NC(=O)OC(C)(C)C. The van der Waals surface area contributed by atoms with Crippen LogP contribution in [0.2, 0.25) is 0 Å². The van der Waals surface area contributed by atoms with Gasteiger partial charge in [-0.05, 0) is 27.2 Å². The van der Waals surface area contributed by atoms with Gasteiger partial charge in [0.1, 0.15) is 11.6 Å². The standard InChI is InChI=1S/C15H25N3O5/c1-6-10(7-8-16)17-13(20)11(9-12(19)22-5)18-14(21)23-15(2,3)4/h10-11H,6-7,9H2,1-5H3,(H,17,20)(H,18,21)/t10-,11+/m1/s1. The van der Waals surface area contributed by atoms with Crippen molar-refractivity contribution in [3.05, 3.63) is 0 Å². The Hall–Kier alpha value is -2.30. The molecule has 0 aliphatic heterocycles. The van der Waals surface area contributed by atoms with Crippen LogP contribution in [0.15, 0.2) is 0 Å². The van der Waals surface area contributed by atoms with Gasteiger partial charge in [-0.3, -0.25) is 9.59 Å². The monoisotopic (exact) mass is 327 g/mol. The number of carbonyl (C=O) groups is 3. The molecule has 0 aromatic rings. The van der Waals surface area contributed by atoms with Gasteiger partial charge in [0.25, 0.3) is 0 Å². The molecule has 0 heterocycles. The topological polar surface area (TPSA) is 118 Å². The van der Waals surface area contributed by atoms with E-state index in [0.717, 1.165) is 0 Å². The Morgan fingerprint density at radius 1 is 1.22 bits per heavy atom. The molecule has 8 nitrogen and oxygen atoms in total.